The molecule has 29 heavy (non-hydrogen) atoms. The quantitative estimate of drug-likeness (QED) is 0.517. The lowest BCUT2D eigenvalue weighted by Gasteiger charge is -2.20. The molecule has 9 heteroatoms. The molecule has 0 aliphatic carbocycles. The molecule has 0 unspecified atom stereocenters. The van der Waals surface area contributed by atoms with Crippen LogP contribution >= 0.6 is 11.8 Å². The Balaban J connectivity index is 1.96. The van der Waals surface area contributed by atoms with Gasteiger partial charge in [0.15, 0.2) is 0 Å². The second-order valence-electron chi connectivity index (χ2n) is 6.08. The van der Waals surface area contributed by atoms with E-state index < -0.39 is 0 Å². The summed E-state index contributed by atoms with van der Waals surface area (Å²) in [6, 6.07) is 11.9. The zero-order chi connectivity index (χ0) is 21.1. The number of hydrogen-bond acceptors (Lipinski definition) is 8. The first-order chi connectivity index (χ1) is 14.1. The average molecular weight is 413 g/mol. The van der Waals surface area contributed by atoms with Gasteiger partial charge in [-0.1, -0.05) is 11.8 Å². The number of aromatic nitrogens is 2. The SMILES string of the molecule is CCN(CC)c1ccc(-c2nnc(SCC(=O)N(CCC#N)CCC#N)o2)cc1. The number of carbonyl (C=O) groups is 1. The summed E-state index contributed by atoms with van der Waals surface area (Å²) < 4.78 is 5.67. The molecule has 152 valence electrons. The highest BCUT2D eigenvalue weighted by Gasteiger charge is 2.16. The van der Waals surface area contributed by atoms with Gasteiger partial charge in [-0.05, 0) is 38.1 Å². The van der Waals surface area contributed by atoms with Crippen molar-refractivity contribution in [1.82, 2.24) is 15.1 Å². The highest BCUT2D eigenvalue weighted by molar-refractivity contribution is 7.99. The number of amides is 1. The van der Waals surface area contributed by atoms with Crippen molar-refractivity contribution >= 4 is 23.4 Å². The van der Waals surface area contributed by atoms with Crippen LogP contribution in [0.1, 0.15) is 26.7 Å². The van der Waals surface area contributed by atoms with Gasteiger partial charge in [0.05, 0.1) is 30.7 Å². The van der Waals surface area contributed by atoms with Crippen molar-refractivity contribution in [3.63, 3.8) is 0 Å². The number of nitriles is 2. The van der Waals surface area contributed by atoms with Gasteiger partial charge in [-0.3, -0.25) is 4.79 Å². The zero-order valence-electron chi connectivity index (χ0n) is 16.7. The fraction of sp³-hybridized carbons (Fsp3) is 0.450. The summed E-state index contributed by atoms with van der Waals surface area (Å²) in [7, 11) is 0. The Hall–Kier alpha value is -3.04. The molecule has 0 radical (unpaired) electrons. The van der Waals surface area contributed by atoms with E-state index in [0.717, 1.165) is 36.1 Å². The van der Waals surface area contributed by atoms with Gasteiger partial charge >= 0.3 is 0 Å². The lowest BCUT2D eigenvalue weighted by molar-refractivity contribution is -0.128. The standard InChI is InChI=1S/C20H24N6O2S/c1-3-25(4-2)17-9-7-16(8-10-17)19-23-24-20(28-19)29-15-18(27)26(13-5-11-21)14-6-12-22/h7-10H,3-6,13-15H2,1-2H3. The van der Waals surface area contributed by atoms with Crippen molar-refractivity contribution < 1.29 is 9.21 Å². The van der Waals surface area contributed by atoms with Crippen LogP contribution in [0.5, 0.6) is 0 Å². The first kappa shape index (κ1) is 22.3. The van der Waals surface area contributed by atoms with E-state index in [9.17, 15) is 4.79 Å². The predicted molar refractivity (Wildman–Crippen MR) is 111 cm³/mol. The minimum atomic E-state index is -0.163. The third kappa shape index (κ3) is 6.51. The maximum absolute atomic E-state index is 12.4. The van der Waals surface area contributed by atoms with Gasteiger partial charge in [0.2, 0.25) is 11.8 Å². The van der Waals surface area contributed by atoms with Gasteiger partial charge in [-0.2, -0.15) is 10.5 Å². The Bertz CT molecular complexity index is 846. The van der Waals surface area contributed by atoms with Gasteiger partial charge in [-0.15, -0.1) is 10.2 Å². The molecule has 0 saturated carbocycles. The minimum absolute atomic E-state index is 0.111. The molecule has 0 atom stereocenters. The first-order valence-electron chi connectivity index (χ1n) is 9.46. The maximum Gasteiger partial charge on any atom is 0.277 e. The zero-order valence-corrected chi connectivity index (χ0v) is 17.5. The van der Waals surface area contributed by atoms with Crippen LogP contribution in [0.3, 0.4) is 0 Å². The lowest BCUT2D eigenvalue weighted by Crippen LogP contribution is -2.34. The average Bonchev–Trinajstić information content (AvgIpc) is 3.22. The Morgan fingerprint density at radius 2 is 1.69 bits per heavy atom. The monoisotopic (exact) mass is 412 g/mol. The van der Waals surface area contributed by atoms with Crippen LogP contribution in [0, 0.1) is 22.7 Å². The van der Waals surface area contributed by atoms with Crippen molar-refractivity contribution in [3.8, 4) is 23.6 Å². The summed E-state index contributed by atoms with van der Waals surface area (Å²) in [4.78, 5) is 16.1. The molecular formula is C20H24N6O2S. The second kappa shape index (κ2) is 11.7. The van der Waals surface area contributed by atoms with Crippen molar-refractivity contribution in [2.75, 3.05) is 36.8 Å². The van der Waals surface area contributed by atoms with E-state index in [1.807, 2.05) is 36.4 Å². The van der Waals surface area contributed by atoms with Gasteiger partial charge < -0.3 is 14.2 Å². The summed E-state index contributed by atoms with van der Waals surface area (Å²) in [5.74, 6) is 0.347. The summed E-state index contributed by atoms with van der Waals surface area (Å²) in [6.45, 7) is 6.72. The summed E-state index contributed by atoms with van der Waals surface area (Å²) in [6.07, 6.45) is 0.464. The molecule has 0 aliphatic heterocycles. The molecule has 1 heterocycles. The number of thioether (sulfide) groups is 1. The first-order valence-corrected chi connectivity index (χ1v) is 10.4. The molecule has 1 aromatic carbocycles. The molecule has 1 aromatic heterocycles. The molecule has 0 spiro atoms. The molecule has 0 N–H and O–H groups in total. The fourth-order valence-corrected chi connectivity index (χ4v) is 3.40. The van der Waals surface area contributed by atoms with Crippen molar-refractivity contribution in [2.24, 2.45) is 0 Å². The number of carbonyl (C=O) groups excluding carboxylic acids is 1. The number of rotatable bonds is 11. The molecule has 0 bridgehead atoms. The Morgan fingerprint density at radius 3 is 2.24 bits per heavy atom. The molecule has 0 fully saturated rings. The third-order valence-corrected chi connectivity index (χ3v) is 5.11. The van der Waals surface area contributed by atoms with Crippen LogP contribution in [0.15, 0.2) is 33.9 Å². The summed E-state index contributed by atoms with van der Waals surface area (Å²) in [5.41, 5.74) is 1.95. The van der Waals surface area contributed by atoms with Crippen LogP contribution in [0.2, 0.25) is 0 Å². The van der Waals surface area contributed by atoms with Crippen LogP contribution in [0.4, 0.5) is 5.69 Å². The number of nitrogens with zero attached hydrogens (tertiary/aromatic N) is 6. The largest absolute Gasteiger partial charge is 0.411 e. The number of benzene rings is 1. The van der Waals surface area contributed by atoms with E-state index >= 15 is 0 Å². The molecule has 2 rings (SSSR count). The Morgan fingerprint density at radius 1 is 1.07 bits per heavy atom. The molecule has 0 aliphatic rings. The maximum atomic E-state index is 12.4. The van der Waals surface area contributed by atoms with Gasteiger partial charge in [-0.25, -0.2) is 0 Å². The summed E-state index contributed by atoms with van der Waals surface area (Å²) >= 11 is 1.15. The highest BCUT2D eigenvalue weighted by Crippen LogP contribution is 2.25. The van der Waals surface area contributed by atoms with Crippen LogP contribution in [-0.2, 0) is 4.79 Å². The third-order valence-electron chi connectivity index (χ3n) is 4.31. The minimum Gasteiger partial charge on any atom is -0.411 e. The smallest absolute Gasteiger partial charge is 0.277 e. The van der Waals surface area contributed by atoms with Crippen molar-refractivity contribution in [2.45, 2.75) is 31.9 Å². The van der Waals surface area contributed by atoms with E-state index in [0.29, 0.717) is 24.2 Å². The molecular weight excluding hydrogens is 388 g/mol. The second-order valence-corrected chi connectivity index (χ2v) is 7.00. The van der Waals surface area contributed by atoms with E-state index in [1.54, 1.807) is 0 Å². The normalized spacial score (nSPS) is 10.2. The topological polar surface area (TPSA) is 110 Å². The molecule has 8 nitrogen and oxygen atoms in total. The number of hydrogen-bond donors (Lipinski definition) is 0. The highest BCUT2D eigenvalue weighted by atomic mass is 32.2. The Kier molecular flexibility index (Phi) is 9.00. The fourth-order valence-electron chi connectivity index (χ4n) is 2.73. The lowest BCUT2D eigenvalue weighted by atomic mass is 10.2. The van der Waals surface area contributed by atoms with E-state index in [4.69, 9.17) is 14.9 Å². The van der Waals surface area contributed by atoms with Gasteiger partial charge in [0, 0.05) is 37.4 Å². The van der Waals surface area contributed by atoms with Gasteiger partial charge in [0.1, 0.15) is 0 Å². The molecule has 2 aromatic rings. The molecule has 1 amide bonds. The van der Waals surface area contributed by atoms with E-state index in [2.05, 4.69) is 28.9 Å². The summed E-state index contributed by atoms with van der Waals surface area (Å²) in [5, 5.41) is 25.8. The molecule has 0 saturated heterocycles. The number of anilines is 1. The van der Waals surface area contributed by atoms with Crippen LogP contribution in [-0.4, -0.2) is 52.9 Å². The predicted octanol–water partition coefficient (Wildman–Crippen LogP) is 3.33. The van der Waals surface area contributed by atoms with Crippen LogP contribution < -0.4 is 4.90 Å². The van der Waals surface area contributed by atoms with Crippen LogP contribution in [0.25, 0.3) is 11.5 Å². The van der Waals surface area contributed by atoms with E-state index in [1.165, 1.54) is 4.90 Å². The van der Waals surface area contributed by atoms with Gasteiger partial charge in [0.25, 0.3) is 5.22 Å². The van der Waals surface area contributed by atoms with Crippen molar-refractivity contribution in [3.05, 3.63) is 24.3 Å². The Labute approximate surface area is 175 Å². The van der Waals surface area contributed by atoms with E-state index in [-0.39, 0.29) is 24.5 Å². The van der Waals surface area contributed by atoms with Crippen molar-refractivity contribution in [1.29, 1.82) is 10.5 Å².